The summed E-state index contributed by atoms with van der Waals surface area (Å²) in [4.78, 5) is 10.2. The van der Waals surface area contributed by atoms with Gasteiger partial charge in [0.1, 0.15) is 6.23 Å². The highest BCUT2D eigenvalue weighted by molar-refractivity contribution is 5.46. The van der Waals surface area contributed by atoms with E-state index in [0.29, 0.717) is 19.4 Å². The van der Waals surface area contributed by atoms with Crippen LogP contribution in [0.15, 0.2) is 30.3 Å². The lowest BCUT2D eigenvalue weighted by Gasteiger charge is -2.14. The zero-order valence-corrected chi connectivity index (χ0v) is 7.98. The Kier molecular flexibility index (Phi) is 4.72. The molecule has 0 aliphatic carbocycles. The summed E-state index contributed by atoms with van der Waals surface area (Å²) < 4.78 is 5.41. The van der Waals surface area contributed by atoms with Gasteiger partial charge in [0.05, 0.1) is 6.61 Å². The number of nitrogens with one attached hydrogen (secondary N) is 1. The summed E-state index contributed by atoms with van der Waals surface area (Å²) in [7, 11) is 0. The summed E-state index contributed by atoms with van der Waals surface area (Å²) >= 11 is 0. The van der Waals surface area contributed by atoms with E-state index in [1.165, 1.54) is 0 Å². The molecule has 0 heterocycles. The van der Waals surface area contributed by atoms with Crippen molar-refractivity contribution in [3.05, 3.63) is 42.8 Å². The number of amides is 1. The van der Waals surface area contributed by atoms with E-state index in [-0.39, 0.29) is 6.23 Å². The van der Waals surface area contributed by atoms with E-state index in [2.05, 4.69) is 12.2 Å². The van der Waals surface area contributed by atoms with Gasteiger partial charge in [-0.1, -0.05) is 30.3 Å². The number of rotatable bonds is 6. The Labute approximate surface area is 84.1 Å². The quantitative estimate of drug-likeness (QED) is 0.548. The van der Waals surface area contributed by atoms with Crippen LogP contribution in [0.4, 0.5) is 0 Å². The number of carbonyl (C=O) groups excluding carboxylic acids is 1. The summed E-state index contributed by atoms with van der Waals surface area (Å²) in [6.07, 6.45) is 0.847. The smallest absolute Gasteiger partial charge is 0.209 e. The lowest BCUT2D eigenvalue weighted by Crippen LogP contribution is -2.29. The second kappa shape index (κ2) is 6.16. The Morgan fingerprint density at radius 3 is 2.71 bits per heavy atom. The molecule has 1 atom stereocenters. The van der Waals surface area contributed by atoms with E-state index in [1.54, 1.807) is 0 Å². The molecule has 1 unspecified atom stereocenters. The maximum atomic E-state index is 10.2. The summed E-state index contributed by atoms with van der Waals surface area (Å²) in [5, 5.41) is 2.54. The SMILES string of the molecule is [CH2]CC(NC=O)OCc1ccccc1. The lowest BCUT2D eigenvalue weighted by molar-refractivity contribution is -0.113. The van der Waals surface area contributed by atoms with E-state index in [4.69, 9.17) is 4.74 Å². The average molecular weight is 192 g/mol. The van der Waals surface area contributed by atoms with Crippen molar-refractivity contribution in [3.63, 3.8) is 0 Å². The first-order valence-corrected chi connectivity index (χ1v) is 4.51. The van der Waals surface area contributed by atoms with E-state index in [9.17, 15) is 4.79 Å². The van der Waals surface area contributed by atoms with Crippen molar-refractivity contribution in [2.75, 3.05) is 0 Å². The Balaban J connectivity index is 2.35. The van der Waals surface area contributed by atoms with Gasteiger partial charge in [-0.25, -0.2) is 0 Å². The van der Waals surface area contributed by atoms with Crippen LogP contribution in [-0.2, 0) is 16.1 Å². The highest BCUT2D eigenvalue weighted by Gasteiger charge is 2.03. The first-order chi connectivity index (χ1) is 6.86. The molecule has 1 aromatic rings. The Bertz CT molecular complexity index is 261. The minimum Gasteiger partial charge on any atom is -0.354 e. The predicted octanol–water partition coefficient (Wildman–Crippen LogP) is 1.50. The van der Waals surface area contributed by atoms with Crippen molar-refractivity contribution in [1.29, 1.82) is 0 Å². The maximum absolute atomic E-state index is 10.2. The van der Waals surface area contributed by atoms with Crippen molar-refractivity contribution in [2.45, 2.75) is 19.3 Å². The zero-order chi connectivity index (χ0) is 10.2. The van der Waals surface area contributed by atoms with Crippen LogP contribution in [0.25, 0.3) is 0 Å². The van der Waals surface area contributed by atoms with Crippen LogP contribution in [0.5, 0.6) is 0 Å². The molecule has 0 spiro atoms. The number of ether oxygens (including phenoxy) is 1. The predicted molar refractivity (Wildman–Crippen MR) is 54.2 cm³/mol. The molecule has 0 saturated carbocycles. The molecular weight excluding hydrogens is 178 g/mol. The van der Waals surface area contributed by atoms with E-state index < -0.39 is 0 Å². The lowest BCUT2D eigenvalue weighted by atomic mass is 10.2. The van der Waals surface area contributed by atoms with Gasteiger partial charge in [0.15, 0.2) is 0 Å². The van der Waals surface area contributed by atoms with Gasteiger partial charge in [-0.2, -0.15) is 0 Å². The fourth-order valence-corrected chi connectivity index (χ4v) is 1.06. The Hall–Kier alpha value is -1.35. The third kappa shape index (κ3) is 3.58. The Morgan fingerprint density at radius 2 is 2.14 bits per heavy atom. The normalized spacial score (nSPS) is 12.1. The highest BCUT2D eigenvalue weighted by atomic mass is 16.5. The second-order valence-corrected chi connectivity index (χ2v) is 2.86. The van der Waals surface area contributed by atoms with Gasteiger partial charge in [0.2, 0.25) is 6.41 Å². The molecule has 0 aliphatic heterocycles. The molecular formula is C11H14NO2. The molecule has 1 amide bonds. The van der Waals surface area contributed by atoms with Crippen LogP contribution in [0, 0.1) is 6.92 Å². The van der Waals surface area contributed by atoms with Crippen molar-refractivity contribution >= 4 is 6.41 Å². The van der Waals surface area contributed by atoms with E-state index in [1.807, 2.05) is 30.3 Å². The van der Waals surface area contributed by atoms with Gasteiger partial charge in [-0.05, 0) is 18.9 Å². The number of hydrogen-bond donors (Lipinski definition) is 1. The van der Waals surface area contributed by atoms with Crippen LogP contribution >= 0.6 is 0 Å². The van der Waals surface area contributed by atoms with Crippen LogP contribution in [0.3, 0.4) is 0 Å². The molecule has 0 saturated heterocycles. The molecule has 0 fully saturated rings. The van der Waals surface area contributed by atoms with Crippen molar-refractivity contribution in [1.82, 2.24) is 5.32 Å². The molecule has 14 heavy (non-hydrogen) atoms. The average Bonchev–Trinajstić information content (AvgIpc) is 2.25. The molecule has 0 aliphatic rings. The summed E-state index contributed by atoms with van der Waals surface area (Å²) in [6, 6.07) is 9.80. The topological polar surface area (TPSA) is 38.3 Å². The first kappa shape index (κ1) is 10.7. The van der Waals surface area contributed by atoms with Gasteiger partial charge in [-0.15, -0.1) is 0 Å². The molecule has 75 valence electrons. The second-order valence-electron chi connectivity index (χ2n) is 2.86. The summed E-state index contributed by atoms with van der Waals surface area (Å²) in [6.45, 7) is 4.16. The fourth-order valence-electron chi connectivity index (χ4n) is 1.06. The third-order valence-corrected chi connectivity index (χ3v) is 1.81. The van der Waals surface area contributed by atoms with Crippen molar-refractivity contribution in [3.8, 4) is 0 Å². The summed E-state index contributed by atoms with van der Waals surface area (Å²) in [5.74, 6) is 0. The molecule has 0 aromatic heterocycles. The van der Waals surface area contributed by atoms with Crippen LogP contribution in [-0.4, -0.2) is 12.6 Å². The zero-order valence-electron chi connectivity index (χ0n) is 7.98. The van der Waals surface area contributed by atoms with E-state index in [0.717, 1.165) is 5.56 Å². The largest absolute Gasteiger partial charge is 0.354 e. The van der Waals surface area contributed by atoms with Gasteiger partial charge in [0.25, 0.3) is 0 Å². The van der Waals surface area contributed by atoms with Gasteiger partial charge in [-0.3, -0.25) is 4.79 Å². The first-order valence-electron chi connectivity index (χ1n) is 4.51. The highest BCUT2D eigenvalue weighted by Crippen LogP contribution is 2.03. The molecule has 0 bridgehead atoms. The van der Waals surface area contributed by atoms with Crippen LogP contribution in [0.2, 0.25) is 0 Å². The van der Waals surface area contributed by atoms with Crippen molar-refractivity contribution in [2.24, 2.45) is 0 Å². The van der Waals surface area contributed by atoms with E-state index >= 15 is 0 Å². The van der Waals surface area contributed by atoms with Crippen LogP contribution in [0.1, 0.15) is 12.0 Å². The minimum atomic E-state index is -0.298. The molecule has 3 nitrogen and oxygen atoms in total. The number of carbonyl (C=O) groups is 1. The molecule has 1 rings (SSSR count). The molecule has 3 heteroatoms. The van der Waals surface area contributed by atoms with Gasteiger partial charge in [0, 0.05) is 0 Å². The monoisotopic (exact) mass is 192 g/mol. The molecule has 1 aromatic carbocycles. The Morgan fingerprint density at radius 1 is 1.43 bits per heavy atom. The number of benzene rings is 1. The fraction of sp³-hybridized carbons (Fsp3) is 0.273. The minimum absolute atomic E-state index is 0.298. The molecule has 1 N–H and O–H groups in total. The van der Waals surface area contributed by atoms with Gasteiger partial charge >= 0.3 is 0 Å². The van der Waals surface area contributed by atoms with Crippen molar-refractivity contribution < 1.29 is 9.53 Å². The van der Waals surface area contributed by atoms with Crippen LogP contribution < -0.4 is 5.32 Å². The standard InChI is InChI=1S/C11H14NO2/c1-2-11(12-9-13)14-8-10-6-4-3-5-7-10/h3-7,9,11H,1-2,8H2,(H,12,13). The third-order valence-electron chi connectivity index (χ3n) is 1.81. The van der Waals surface area contributed by atoms with Gasteiger partial charge < -0.3 is 10.1 Å². The molecule has 1 radical (unpaired) electrons. The summed E-state index contributed by atoms with van der Waals surface area (Å²) in [5.41, 5.74) is 1.08. The number of hydrogen-bond acceptors (Lipinski definition) is 2. The maximum Gasteiger partial charge on any atom is 0.209 e.